The molecule has 3 aromatic heterocycles. The lowest BCUT2D eigenvalue weighted by Gasteiger charge is -2.23. The van der Waals surface area contributed by atoms with Gasteiger partial charge >= 0.3 is 5.97 Å². The fourth-order valence-electron chi connectivity index (χ4n) is 4.57. The summed E-state index contributed by atoms with van der Waals surface area (Å²) in [5, 5.41) is 1.94. The summed E-state index contributed by atoms with van der Waals surface area (Å²) in [6.07, 6.45) is 1.93. The first-order chi connectivity index (χ1) is 17.3. The van der Waals surface area contributed by atoms with Crippen LogP contribution in [0, 0.1) is 13.8 Å². The summed E-state index contributed by atoms with van der Waals surface area (Å²) in [5.74, 6) is -0.440. The Morgan fingerprint density at radius 1 is 1.19 bits per heavy atom. The Balaban J connectivity index is 1.67. The van der Waals surface area contributed by atoms with E-state index >= 15 is 0 Å². The van der Waals surface area contributed by atoms with Gasteiger partial charge in [-0.05, 0) is 81.1 Å². The molecule has 5 rings (SSSR count). The maximum Gasteiger partial charge on any atom is 0.338 e. The van der Waals surface area contributed by atoms with Gasteiger partial charge in [-0.15, -0.1) is 11.3 Å². The van der Waals surface area contributed by atoms with E-state index in [1.807, 2.05) is 35.7 Å². The number of aryl methyl sites for hydroxylation is 1. The van der Waals surface area contributed by atoms with E-state index in [1.54, 1.807) is 18.4 Å². The van der Waals surface area contributed by atoms with E-state index in [4.69, 9.17) is 4.74 Å². The third kappa shape index (κ3) is 4.25. The molecule has 1 aromatic carbocycles. The normalized spacial score (nSPS) is 15.7. The number of hydrogen-bond acceptors (Lipinski definition) is 6. The monoisotopic (exact) mass is 581 g/mol. The second kappa shape index (κ2) is 9.80. The molecule has 0 aliphatic carbocycles. The van der Waals surface area contributed by atoms with E-state index in [1.165, 1.54) is 22.7 Å². The third-order valence-corrected chi connectivity index (χ3v) is 8.61. The van der Waals surface area contributed by atoms with Gasteiger partial charge < -0.3 is 9.30 Å². The number of carbonyl (C=O) groups is 1. The van der Waals surface area contributed by atoms with E-state index in [2.05, 4.69) is 57.5 Å². The molecule has 0 unspecified atom stereocenters. The highest BCUT2D eigenvalue weighted by Crippen LogP contribution is 2.33. The van der Waals surface area contributed by atoms with Gasteiger partial charge in [-0.2, -0.15) is 0 Å². The van der Waals surface area contributed by atoms with Crippen molar-refractivity contribution in [3.63, 3.8) is 0 Å². The van der Waals surface area contributed by atoms with Crippen LogP contribution in [0.3, 0.4) is 0 Å². The summed E-state index contributed by atoms with van der Waals surface area (Å²) < 4.78 is 10.7. The Hall–Kier alpha value is -3.01. The number of thiazole rings is 1. The summed E-state index contributed by atoms with van der Waals surface area (Å²) in [4.78, 5) is 32.8. The Labute approximate surface area is 224 Å². The van der Waals surface area contributed by atoms with E-state index < -0.39 is 12.0 Å². The first kappa shape index (κ1) is 24.7. The van der Waals surface area contributed by atoms with Gasteiger partial charge in [0.2, 0.25) is 0 Å². The minimum atomic E-state index is -0.558. The molecule has 9 heteroatoms. The predicted molar refractivity (Wildman–Crippen MR) is 148 cm³/mol. The second-order valence-electron chi connectivity index (χ2n) is 8.46. The number of fused-ring (bicyclic) bond motifs is 1. The number of esters is 1. The van der Waals surface area contributed by atoms with E-state index in [-0.39, 0.29) is 12.2 Å². The summed E-state index contributed by atoms with van der Waals surface area (Å²) in [6, 6.07) is 13.5. The van der Waals surface area contributed by atoms with Crippen LogP contribution in [0.1, 0.15) is 41.7 Å². The molecule has 4 heterocycles. The highest BCUT2D eigenvalue weighted by Gasteiger charge is 2.33. The van der Waals surface area contributed by atoms with Gasteiger partial charge in [0.05, 0.1) is 22.4 Å². The number of ether oxygens (including phenoxy) is 1. The van der Waals surface area contributed by atoms with Crippen molar-refractivity contribution in [1.29, 1.82) is 0 Å². The number of halogens is 1. The number of aromatic nitrogens is 2. The fourth-order valence-corrected chi connectivity index (χ4v) is 6.70. The molecule has 0 N–H and O–H groups in total. The molecule has 4 aromatic rings. The topological polar surface area (TPSA) is 65.6 Å². The molecule has 0 saturated carbocycles. The van der Waals surface area contributed by atoms with E-state index in [0.717, 1.165) is 32.0 Å². The van der Waals surface area contributed by atoms with Crippen molar-refractivity contribution >= 4 is 50.6 Å². The van der Waals surface area contributed by atoms with Crippen LogP contribution in [0.15, 0.2) is 73.4 Å². The summed E-state index contributed by atoms with van der Waals surface area (Å²) in [5.41, 5.74) is 4.96. The van der Waals surface area contributed by atoms with Crippen LogP contribution in [0.4, 0.5) is 0 Å². The summed E-state index contributed by atoms with van der Waals surface area (Å²) in [6.45, 7) is 7.93. The Bertz CT molecular complexity index is 1670. The lowest BCUT2D eigenvalue weighted by molar-refractivity contribution is -0.139. The number of rotatable bonds is 5. The summed E-state index contributed by atoms with van der Waals surface area (Å²) >= 11 is 6.34. The van der Waals surface area contributed by atoms with Crippen LogP contribution in [0.5, 0.6) is 0 Å². The van der Waals surface area contributed by atoms with E-state index in [0.29, 0.717) is 20.6 Å². The lowest BCUT2D eigenvalue weighted by Crippen LogP contribution is -2.39. The smallest absolute Gasteiger partial charge is 0.338 e. The highest BCUT2D eigenvalue weighted by atomic mass is 79.9. The highest BCUT2D eigenvalue weighted by molar-refractivity contribution is 9.10. The number of carbonyl (C=O) groups excluding carboxylic acids is 1. The van der Waals surface area contributed by atoms with Gasteiger partial charge in [-0.25, -0.2) is 9.79 Å². The van der Waals surface area contributed by atoms with E-state index in [9.17, 15) is 9.59 Å². The largest absolute Gasteiger partial charge is 0.463 e. The van der Waals surface area contributed by atoms with Gasteiger partial charge in [0.25, 0.3) is 5.56 Å². The molecule has 0 radical (unpaired) electrons. The lowest BCUT2D eigenvalue weighted by atomic mass is 10.0. The molecule has 0 fully saturated rings. The molecule has 0 bridgehead atoms. The molecule has 6 nitrogen and oxygen atoms in total. The Morgan fingerprint density at radius 2 is 1.94 bits per heavy atom. The van der Waals surface area contributed by atoms with Crippen LogP contribution >= 0.6 is 38.6 Å². The van der Waals surface area contributed by atoms with Gasteiger partial charge in [0.15, 0.2) is 4.80 Å². The van der Waals surface area contributed by atoms with Crippen LogP contribution < -0.4 is 14.9 Å². The molecule has 36 heavy (non-hydrogen) atoms. The van der Waals surface area contributed by atoms with Crippen molar-refractivity contribution in [3.8, 4) is 5.69 Å². The van der Waals surface area contributed by atoms with Crippen molar-refractivity contribution in [2.75, 3.05) is 6.61 Å². The molecule has 0 saturated heterocycles. The van der Waals surface area contributed by atoms with Crippen molar-refractivity contribution in [3.05, 3.63) is 105 Å². The first-order valence-corrected chi connectivity index (χ1v) is 14.0. The molecule has 184 valence electrons. The summed E-state index contributed by atoms with van der Waals surface area (Å²) in [7, 11) is 0. The van der Waals surface area contributed by atoms with Crippen LogP contribution in [-0.4, -0.2) is 21.7 Å². The molecule has 1 aliphatic rings. The minimum Gasteiger partial charge on any atom is -0.463 e. The minimum absolute atomic E-state index is 0.167. The zero-order valence-corrected chi connectivity index (χ0v) is 23.5. The Kier molecular flexibility index (Phi) is 6.72. The molecule has 0 spiro atoms. The maximum absolute atomic E-state index is 13.8. The van der Waals surface area contributed by atoms with Crippen LogP contribution in [0.2, 0.25) is 0 Å². The van der Waals surface area contributed by atoms with Crippen molar-refractivity contribution in [2.45, 2.75) is 33.7 Å². The average Bonchev–Trinajstić information content (AvgIpc) is 3.54. The molecule has 0 amide bonds. The van der Waals surface area contributed by atoms with Crippen LogP contribution in [-0.2, 0) is 9.53 Å². The number of benzene rings is 1. The number of hydrogen-bond donors (Lipinski definition) is 0. The van der Waals surface area contributed by atoms with Gasteiger partial charge in [-0.1, -0.05) is 33.3 Å². The molecule has 1 aliphatic heterocycles. The average molecular weight is 583 g/mol. The molecule has 1 atom stereocenters. The number of nitrogens with zero attached hydrogens (tertiary/aromatic N) is 3. The third-order valence-electron chi connectivity index (χ3n) is 6.17. The zero-order valence-electron chi connectivity index (χ0n) is 20.2. The predicted octanol–water partition coefficient (Wildman–Crippen LogP) is 5.03. The second-order valence-corrected chi connectivity index (χ2v) is 11.4. The number of allylic oxidation sites excluding steroid dienone is 1. The number of thiophene rings is 1. The van der Waals surface area contributed by atoms with Gasteiger partial charge in [0.1, 0.15) is 6.04 Å². The molecular weight excluding hydrogens is 558 g/mol. The van der Waals surface area contributed by atoms with Crippen molar-refractivity contribution in [2.24, 2.45) is 4.99 Å². The Morgan fingerprint density at radius 3 is 2.61 bits per heavy atom. The quantitative estimate of drug-likeness (QED) is 0.310. The zero-order chi connectivity index (χ0) is 25.6. The first-order valence-electron chi connectivity index (χ1n) is 11.5. The molecular formula is C27H24BrN3O3S2. The standard InChI is InChI=1S/C27H24BrN3O3S2/c1-5-34-26(33)23-16(3)29-27-31(24(23)21-7-6-12-35-21)25(32)22(36-27)14-18-13-15(2)30(17(18)4)20-10-8-19(28)9-11-20/h6-14,24H,5H2,1-4H3/b22-14+/t24-/m1/s1. The van der Waals surface area contributed by atoms with Crippen molar-refractivity contribution < 1.29 is 9.53 Å². The van der Waals surface area contributed by atoms with Crippen LogP contribution in [0.25, 0.3) is 11.8 Å². The van der Waals surface area contributed by atoms with Gasteiger partial charge in [-0.3, -0.25) is 9.36 Å². The fraction of sp³-hybridized carbons (Fsp3) is 0.222. The van der Waals surface area contributed by atoms with Crippen molar-refractivity contribution in [1.82, 2.24) is 9.13 Å². The SMILES string of the molecule is CCOC(=O)C1=C(C)N=c2s/c(=C/c3cc(C)n(-c4ccc(Br)cc4)c3C)c(=O)n2[C@@H]1c1cccs1. The van der Waals surface area contributed by atoms with Gasteiger partial charge in [0, 0.05) is 26.4 Å². The maximum atomic E-state index is 13.8.